The second-order valence-corrected chi connectivity index (χ2v) is 8.05. The van der Waals surface area contributed by atoms with Crippen LogP contribution in [0.2, 0.25) is 0 Å². The number of rotatable bonds is 2. The molecule has 27 heavy (non-hydrogen) atoms. The van der Waals surface area contributed by atoms with Gasteiger partial charge in [-0.05, 0) is 43.0 Å². The highest BCUT2D eigenvalue weighted by molar-refractivity contribution is 5.83. The molecular weight excluding hydrogens is 334 g/mol. The number of nitrogens with one attached hydrogen (secondary N) is 2. The molecule has 4 atom stereocenters. The summed E-state index contributed by atoms with van der Waals surface area (Å²) in [7, 11) is 0. The summed E-state index contributed by atoms with van der Waals surface area (Å²) in [6.07, 6.45) is 4.34. The Kier molecular flexibility index (Phi) is 4.36. The summed E-state index contributed by atoms with van der Waals surface area (Å²) in [5.41, 5.74) is 3.76. The average Bonchev–Trinajstić information content (AvgIpc) is 3.19. The molecule has 5 rings (SSSR count). The van der Waals surface area contributed by atoms with Crippen molar-refractivity contribution in [2.24, 2.45) is 5.92 Å². The van der Waals surface area contributed by atoms with Crippen molar-refractivity contribution in [3.8, 4) is 0 Å². The van der Waals surface area contributed by atoms with Gasteiger partial charge in [-0.15, -0.1) is 0 Å². The number of anilines is 1. The zero-order chi connectivity index (χ0) is 18.2. The van der Waals surface area contributed by atoms with E-state index in [2.05, 4.69) is 70.1 Å². The van der Waals surface area contributed by atoms with Crippen molar-refractivity contribution in [3.63, 3.8) is 0 Å². The van der Waals surface area contributed by atoms with E-state index in [0.29, 0.717) is 11.8 Å². The van der Waals surface area contributed by atoms with Crippen LogP contribution in [-0.2, 0) is 4.79 Å². The number of likely N-dealkylation sites (tertiary alicyclic amines) is 1. The van der Waals surface area contributed by atoms with Gasteiger partial charge < -0.3 is 15.5 Å². The summed E-state index contributed by atoms with van der Waals surface area (Å²) in [5, 5.41) is 7.22. The van der Waals surface area contributed by atoms with Crippen molar-refractivity contribution in [2.45, 2.75) is 43.8 Å². The number of fused-ring (bicyclic) bond motifs is 3. The average molecular weight is 361 g/mol. The fraction of sp³-hybridized carbons (Fsp3) is 0.435. The van der Waals surface area contributed by atoms with E-state index in [1.807, 2.05) is 0 Å². The quantitative estimate of drug-likeness (QED) is 0.853. The lowest BCUT2D eigenvalue weighted by Gasteiger charge is -2.41. The Labute approximate surface area is 161 Å². The van der Waals surface area contributed by atoms with E-state index < -0.39 is 0 Å². The third-order valence-corrected chi connectivity index (χ3v) is 6.51. The number of carbonyl (C=O) groups excluding carboxylic acids is 1. The van der Waals surface area contributed by atoms with Crippen molar-refractivity contribution >= 4 is 11.6 Å². The summed E-state index contributed by atoms with van der Waals surface area (Å²) in [6.45, 7) is 1.81. The van der Waals surface area contributed by atoms with Crippen LogP contribution in [0.5, 0.6) is 0 Å². The number of carbonyl (C=O) groups is 1. The van der Waals surface area contributed by atoms with Crippen LogP contribution < -0.4 is 10.6 Å². The van der Waals surface area contributed by atoms with E-state index in [1.165, 1.54) is 23.2 Å². The van der Waals surface area contributed by atoms with E-state index in [1.54, 1.807) is 0 Å². The SMILES string of the molecule is O=C([C@H]1CCCCN1)N1CC[C@H]2[C@@H](c3ccccc3)Nc3ccccc3[C@H]21. The molecule has 2 fully saturated rings. The molecule has 0 radical (unpaired) electrons. The minimum atomic E-state index is -0.00489. The molecule has 0 spiro atoms. The molecular formula is C23H27N3O. The van der Waals surface area contributed by atoms with Crippen LogP contribution in [0.25, 0.3) is 0 Å². The largest absolute Gasteiger partial charge is 0.378 e. The van der Waals surface area contributed by atoms with E-state index in [-0.39, 0.29) is 18.1 Å². The Balaban J connectivity index is 1.51. The monoisotopic (exact) mass is 361 g/mol. The van der Waals surface area contributed by atoms with Crippen molar-refractivity contribution in [3.05, 3.63) is 65.7 Å². The van der Waals surface area contributed by atoms with Gasteiger partial charge >= 0.3 is 0 Å². The Morgan fingerprint density at radius 1 is 0.963 bits per heavy atom. The maximum absolute atomic E-state index is 13.4. The summed E-state index contributed by atoms with van der Waals surface area (Å²) >= 11 is 0. The highest BCUT2D eigenvalue weighted by Crippen LogP contribution is 2.51. The van der Waals surface area contributed by atoms with Crippen LogP contribution in [0.1, 0.15) is 48.9 Å². The third-order valence-electron chi connectivity index (χ3n) is 6.51. The molecule has 2 aromatic rings. The van der Waals surface area contributed by atoms with Gasteiger partial charge in [-0.2, -0.15) is 0 Å². The van der Waals surface area contributed by atoms with Crippen LogP contribution in [0, 0.1) is 5.92 Å². The molecule has 4 heteroatoms. The van der Waals surface area contributed by atoms with Crippen molar-refractivity contribution in [1.29, 1.82) is 0 Å². The number of amides is 1. The molecule has 0 unspecified atom stereocenters. The summed E-state index contributed by atoms with van der Waals surface area (Å²) in [5.74, 6) is 0.709. The molecule has 0 saturated carbocycles. The van der Waals surface area contributed by atoms with Gasteiger partial charge in [-0.3, -0.25) is 4.79 Å². The summed E-state index contributed by atoms with van der Waals surface area (Å²) in [4.78, 5) is 15.5. The number of piperidine rings is 1. The van der Waals surface area contributed by atoms with Crippen LogP contribution in [0.3, 0.4) is 0 Å². The normalized spacial score (nSPS) is 29.6. The van der Waals surface area contributed by atoms with Gasteiger partial charge in [0.2, 0.25) is 5.91 Å². The maximum atomic E-state index is 13.4. The van der Waals surface area contributed by atoms with Crippen LogP contribution in [-0.4, -0.2) is 29.9 Å². The second-order valence-electron chi connectivity index (χ2n) is 8.05. The lowest BCUT2D eigenvalue weighted by Crippen LogP contribution is -2.49. The summed E-state index contributed by atoms with van der Waals surface area (Å²) < 4.78 is 0. The van der Waals surface area contributed by atoms with Crippen LogP contribution in [0.4, 0.5) is 5.69 Å². The number of para-hydroxylation sites is 1. The molecule has 0 aromatic heterocycles. The third kappa shape index (κ3) is 2.92. The van der Waals surface area contributed by atoms with Crippen molar-refractivity contribution in [2.75, 3.05) is 18.4 Å². The molecule has 2 N–H and O–H groups in total. The molecule has 0 aliphatic carbocycles. The number of hydrogen-bond acceptors (Lipinski definition) is 3. The predicted molar refractivity (Wildman–Crippen MR) is 107 cm³/mol. The van der Waals surface area contributed by atoms with Gasteiger partial charge in [0, 0.05) is 18.2 Å². The highest BCUT2D eigenvalue weighted by Gasteiger charge is 2.47. The number of nitrogens with zero attached hydrogens (tertiary/aromatic N) is 1. The molecule has 3 heterocycles. The first kappa shape index (κ1) is 16.8. The molecule has 2 aromatic carbocycles. The van der Waals surface area contributed by atoms with E-state index >= 15 is 0 Å². The zero-order valence-electron chi connectivity index (χ0n) is 15.6. The Hall–Kier alpha value is -2.33. The first-order valence-corrected chi connectivity index (χ1v) is 10.3. The van der Waals surface area contributed by atoms with Gasteiger partial charge in [-0.25, -0.2) is 0 Å². The smallest absolute Gasteiger partial charge is 0.240 e. The standard InChI is InChI=1S/C23H27N3O/c27-23(20-12-6-7-14-24-20)26-15-13-18-21(16-8-2-1-3-9-16)25-19-11-5-4-10-17(19)22(18)26/h1-5,8-11,18,20-22,24-25H,6-7,12-15H2/t18-,20+,21+,22+/m0/s1. The second kappa shape index (κ2) is 7.01. The fourth-order valence-electron chi connectivity index (χ4n) is 5.23. The van der Waals surface area contributed by atoms with Gasteiger partial charge in [0.15, 0.2) is 0 Å². The van der Waals surface area contributed by atoms with Crippen LogP contribution in [0.15, 0.2) is 54.6 Å². The molecule has 2 saturated heterocycles. The lowest BCUT2D eigenvalue weighted by atomic mass is 9.80. The minimum absolute atomic E-state index is 0.00489. The molecule has 3 aliphatic heterocycles. The first-order chi connectivity index (χ1) is 13.3. The number of benzene rings is 2. The lowest BCUT2D eigenvalue weighted by molar-refractivity contribution is -0.135. The predicted octanol–water partition coefficient (Wildman–Crippen LogP) is 3.89. The molecule has 4 nitrogen and oxygen atoms in total. The summed E-state index contributed by atoms with van der Waals surface area (Å²) in [6, 6.07) is 19.6. The molecule has 140 valence electrons. The minimum Gasteiger partial charge on any atom is -0.378 e. The zero-order valence-corrected chi connectivity index (χ0v) is 15.6. The van der Waals surface area contributed by atoms with Crippen LogP contribution >= 0.6 is 0 Å². The van der Waals surface area contributed by atoms with E-state index in [0.717, 1.165) is 32.4 Å². The Morgan fingerprint density at radius 2 is 1.78 bits per heavy atom. The van der Waals surface area contributed by atoms with Crippen molar-refractivity contribution in [1.82, 2.24) is 10.2 Å². The topological polar surface area (TPSA) is 44.4 Å². The Bertz CT molecular complexity index is 815. The van der Waals surface area contributed by atoms with E-state index in [9.17, 15) is 4.79 Å². The van der Waals surface area contributed by atoms with Gasteiger partial charge in [0.05, 0.1) is 18.1 Å². The van der Waals surface area contributed by atoms with E-state index in [4.69, 9.17) is 0 Å². The molecule has 1 amide bonds. The van der Waals surface area contributed by atoms with Crippen molar-refractivity contribution < 1.29 is 4.79 Å². The molecule has 3 aliphatic rings. The maximum Gasteiger partial charge on any atom is 0.240 e. The van der Waals surface area contributed by atoms with Gasteiger partial charge in [0.25, 0.3) is 0 Å². The first-order valence-electron chi connectivity index (χ1n) is 10.3. The molecule has 0 bridgehead atoms. The fourth-order valence-corrected chi connectivity index (χ4v) is 5.23. The number of hydrogen-bond donors (Lipinski definition) is 2. The van der Waals surface area contributed by atoms with Gasteiger partial charge in [0.1, 0.15) is 0 Å². The van der Waals surface area contributed by atoms with Gasteiger partial charge in [-0.1, -0.05) is 55.0 Å². The Morgan fingerprint density at radius 3 is 2.59 bits per heavy atom. The highest BCUT2D eigenvalue weighted by atomic mass is 16.2.